The van der Waals surface area contributed by atoms with Gasteiger partial charge in [-0.25, -0.2) is 22.5 Å². The molecular weight excluding hydrogens is 415 g/mol. The Kier molecular flexibility index (Phi) is 5.31. The first-order chi connectivity index (χ1) is 12.7. The molecule has 1 aromatic carbocycles. The van der Waals surface area contributed by atoms with Crippen molar-refractivity contribution in [1.29, 1.82) is 0 Å². The van der Waals surface area contributed by atoms with Gasteiger partial charge in [-0.3, -0.25) is 9.79 Å². The lowest BCUT2D eigenvalue weighted by molar-refractivity contribution is -0.116. The summed E-state index contributed by atoms with van der Waals surface area (Å²) >= 11 is 7.51. The van der Waals surface area contributed by atoms with E-state index >= 15 is 0 Å². The zero-order valence-corrected chi connectivity index (χ0v) is 16.5. The van der Waals surface area contributed by atoms with Gasteiger partial charge in [-0.05, 0) is 19.1 Å². The number of carbonyl (C=O) groups excluding carboxylic acids is 1. The van der Waals surface area contributed by atoms with Crippen LogP contribution in [0.15, 0.2) is 46.0 Å². The Hall–Kier alpha value is -2.30. The molecule has 1 unspecified atom stereocenters. The van der Waals surface area contributed by atoms with Crippen molar-refractivity contribution in [3.8, 4) is 0 Å². The molecule has 0 bridgehead atoms. The number of halogens is 2. The van der Waals surface area contributed by atoms with Crippen LogP contribution in [0.4, 0.5) is 4.39 Å². The Morgan fingerprint density at radius 3 is 2.74 bits per heavy atom. The Morgan fingerprint density at radius 1 is 1.41 bits per heavy atom. The Balaban J connectivity index is 2.13. The summed E-state index contributed by atoms with van der Waals surface area (Å²) < 4.78 is 38.4. The van der Waals surface area contributed by atoms with Crippen LogP contribution in [0.3, 0.4) is 0 Å². The van der Waals surface area contributed by atoms with Gasteiger partial charge in [0.05, 0.1) is 11.8 Å². The van der Waals surface area contributed by atoms with Gasteiger partial charge in [0.25, 0.3) is 5.91 Å². The molecule has 0 saturated carbocycles. The lowest BCUT2D eigenvalue weighted by atomic mass is 9.95. The monoisotopic (exact) mass is 428 g/mol. The number of allylic oxidation sites excluding steroid dienone is 1. The third kappa shape index (κ3) is 4.34. The fourth-order valence-electron chi connectivity index (χ4n) is 2.59. The van der Waals surface area contributed by atoms with Gasteiger partial charge in [0.15, 0.2) is 10.8 Å². The minimum atomic E-state index is -3.79. The quantitative estimate of drug-likeness (QED) is 0.778. The number of rotatable bonds is 4. The van der Waals surface area contributed by atoms with Gasteiger partial charge in [0, 0.05) is 27.9 Å². The van der Waals surface area contributed by atoms with Gasteiger partial charge in [-0.2, -0.15) is 0 Å². The predicted octanol–water partition coefficient (Wildman–Crippen LogP) is 2.38. The number of hydrogen-bond acceptors (Lipinski definition) is 7. The maximum atomic E-state index is 13.5. The molecule has 11 heteroatoms. The molecule has 27 heavy (non-hydrogen) atoms. The second-order valence-electron chi connectivity index (χ2n) is 5.75. The number of nitrogens with zero attached hydrogens (tertiary/aromatic N) is 2. The van der Waals surface area contributed by atoms with Crippen molar-refractivity contribution in [2.24, 2.45) is 4.99 Å². The van der Waals surface area contributed by atoms with Gasteiger partial charge in [-0.15, -0.1) is 11.3 Å². The van der Waals surface area contributed by atoms with Crippen molar-refractivity contribution in [2.45, 2.75) is 13.0 Å². The number of nitrogens with one attached hydrogen (secondary N) is 2. The summed E-state index contributed by atoms with van der Waals surface area (Å²) in [4.78, 5) is 21.3. The third-order valence-electron chi connectivity index (χ3n) is 3.66. The zero-order chi connectivity index (χ0) is 19.8. The molecule has 2 aromatic rings. The molecular formula is C16H14ClFN4O3S2. The summed E-state index contributed by atoms with van der Waals surface area (Å²) in [6.45, 7) is 1.61. The van der Waals surface area contributed by atoms with E-state index in [1.165, 1.54) is 23.5 Å². The third-order valence-corrected chi connectivity index (χ3v) is 5.32. The molecule has 0 fully saturated rings. The van der Waals surface area contributed by atoms with Gasteiger partial charge in [-0.1, -0.05) is 17.7 Å². The second kappa shape index (κ2) is 7.37. The van der Waals surface area contributed by atoms with E-state index in [4.69, 9.17) is 11.6 Å². The normalized spacial score (nSPS) is 17.3. The molecule has 0 aliphatic carbocycles. The number of thiazole rings is 1. The predicted molar refractivity (Wildman–Crippen MR) is 102 cm³/mol. The van der Waals surface area contributed by atoms with Crippen LogP contribution in [0.5, 0.6) is 0 Å². The number of hydrogen-bond donors (Lipinski definition) is 2. The van der Waals surface area contributed by atoms with E-state index in [0.717, 1.165) is 12.3 Å². The SMILES string of the molecule is CC1=C(C(=O)NS(C)(=O)=O)C(c2ccc(F)cc2Cl)N=C(c2nccs2)N1. The molecule has 0 saturated heterocycles. The largest absolute Gasteiger partial charge is 0.341 e. The Bertz CT molecular complexity index is 1070. The zero-order valence-electron chi connectivity index (χ0n) is 14.2. The van der Waals surface area contributed by atoms with Crippen LogP contribution >= 0.6 is 22.9 Å². The Morgan fingerprint density at radius 2 is 2.15 bits per heavy atom. The van der Waals surface area contributed by atoms with Crippen molar-refractivity contribution < 1.29 is 17.6 Å². The summed E-state index contributed by atoms with van der Waals surface area (Å²) in [7, 11) is -3.79. The van der Waals surface area contributed by atoms with Crippen LogP contribution < -0.4 is 10.0 Å². The highest BCUT2D eigenvalue weighted by Gasteiger charge is 2.32. The van der Waals surface area contributed by atoms with Crippen LogP contribution in [0.2, 0.25) is 5.02 Å². The van der Waals surface area contributed by atoms with Crippen LogP contribution in [-0.2, 0) is 14.8 Å². The van der Waals surface area contributed by atoms with Crippen molar-refractivity contribution in [3.63, 3.8) is 0 Å². The van der Waals surface area contributed by atoms with Crippen LogP contribution in [0, 0.1) is 5.82 Å². The van der Waals surface area contributed by atoms with Crippen molar-refractivity contribution in [1.82, 2.24) is 15.0 Å². The molecule has 7 nitrogen and oxygen atoms in total. The summed E-state index contributed by atoms with van der Waals surface area (Å²) in [6.07, 6.45) is 2.48. The van der Waals surface area contributed by atoms with Gasteiger partial charge >= 0.3 is 0 Å². The fraction of sp³-hybridized carbons (Fsp3) is 0.188. The molecule has 142 valence electrons. The maximum Gasteiger partial charge on any atom is 0.264 e. The molecule has 1 aliphatic heterocycles. The van der Waals surface area contributed by atoms with Gasteiger partial charge in [0.1, 0.15) is 11.9 Å². The number of aliphatic imine (C=N–C) groups is 1. The lowest BCUT2D eigenvalue weighted by Gasteiger charge is -2.26. The highest BCUT2D eigenvalue weighted by atomic mass is 35.5. The number of benzene rings is 1. The molecule has 1 aliphatic rings. The van der Waals surface area contributed by atoms with Gasteiger partial charge < -0.3 is 5.32 Å². The molecule has 2 N–H and O–H groups in total. The van der Waals surface area contributed by atoms with Crippen molar-refractivity contribution in [3.05, 3.63) is 62.5 Å². The number of carbonyl (C=O) groups is 1. The van der Waals surface area contributed by atoms with E-state index in [-0.39, 0.29) is 10.6 Å². The summed E-state index contributed by atoms with van der Waals surface area (Å²) in [5, 5.41) is 5.39. The van der Waals surface area contributed by atoms with Gasteiger partial charge in [0.2, 0.25) is 10.0 Å². The topological polar surface area (TPSA) is 101 Å². The molecule has 3 rings (SSSR count). The first kappa shape index (κ1) is 19.5. The van der Waals surface area contributed by atoms with Crippen molar-refractivity contribution >= 4 is 44.7 Å². The lowest BCUT2D eigenvalue weighted by Crippen LogP contribution is -2.38. The molecule has 1 amide bonds. The minimum absolute atomic E-state index is 0.0641. The average molecular weight is 429 g/mol. The average Bonchev–Trinajstić information content (AvgIpc) is 3.06. The fourth-order valence-corrected chi connectivity index (χ4v) is 3.90. The highest BCUT2D eigenvalue weighted by Crippen LogP contribution is 2.36. The number of amidine groups is 1. The molecule has 0 spiro atoms. The van der Waals surface area contributed by atoms with Crippen molar-refractivity contribution in [2.75, 3.05) is 6.26 Å². The van der Waals surface area contributed by atoms with E-state index in [9.17, 15) is 17.6 Å². The molecule has 1 atom stereocenters. The number of aromatic nitrogens is 1. The first-order valence-corrected chi connectivity index (χ1v) is 10.7. The van der Waals surface area contributed by atoms with E-state index in [1.54, 1.807) is 18.5 Å². The van der Waals surface area contributed by atoms with Crippen LogP contribution in [-0.4, -0.2) is 31.4 Å². The van der Waals surface area contributed by atoms with Crippen LogP contribution in [0.25, 0.3) is 0 Å². The number of sulfonamides is 1. The minimum Gasteiger partial charge on any atom is -0.341 e. The van der Waals surface area contributed by atoms with E-state index in [1.807, 2.05) is 4.72 Å². The van der Waals surface area contributed by atoms with E-state index < -0.39 is 27.8 Å². The molecule has 1 aromatic heterocycles. The number of amides is 1. The summed E-state index contributed by atoms with van der Waals surface area (Å²) in [5.74, 6) is -0.969. The van der Waals surface area contributed by atoms with E-state index in [0.29, 0.717) is 22.1 Å². The van der Waals surface area contributed by atoms with E-state index in [2.05, 4.69) is 15.3 Å². The standard InChI is InChI=1S/C16H14ClFN4O3S2/c1-8-12(15(23)22-27(2,24)25)13(10-4-3-9(18)7-11(10)17)21-14(20-8)16-19-5-6-26-16/h3-7,13H,1-2H3,(H,20,21)(H,22,23). The maximum absolute atomic E-state index is 13.5. The first-order valence-electron chi connectivity index (χ1n) is 7.58. The summed E-state index contributed by atoms with van der Waals surface area (Å²) in [5.41, 5.74) is 0.822. The highest BCUT2D eigenvalue weighted by molar-refractivity contribution is 7.89. The summed E-state index contributed by atoms with van der Waals surface area (Å²) in [6, 6.07) is 2.79. The molecule has 0 radical (unpaired) electrons. The smallest absolute Gasteiger partial charge is 0.264 e. The second-order valence-corrected chi connectivity index (χ2v) is 8.80. The Labute approximate surface area is 164 Å². The molecule has 2 heterocycles. The van der Waals surface area contributed by atoms with Crippen LogP contribution in [0.1, 0.15) is 23.5 Å².